The maximum atomic E-state index is 13.6. The molecule has 2 N–H and O–H groups in total. The summed E-state index contributed by atoms with van der Waals surface area (Å²) < 4.78 is 11.5. The van der Waals surface area contributed by atoms with Gasteiger partial charge in [-0.05, 0) is 31.2 Å². The molecule has 0 spiro atoms. The van der Waals surface area contributed by atoms with Crippen molar-refractivity contribution in [3.63, 3.8) is 0 Å². The molecule has 1 aliphatic rings. The smallest absolute Gasteiger partial charge is 0.508 e. The van der Waals surface area contributed by atoms with Crippen LogP contribution < -0.4 is 10.6 Å². The second-order valence-corrected chi connectivity index (χ2v) is 9.34. The summed E-state index contributed by atoms with van der Waals surface area (Å²) in [5.41, 5.74) is 1.05. The summed E-state index contributed by atoms with van der Waals surface area (Å²) >= 11 is 0. The largest absolute Gasteiger partial charge is 0.531 e. The Kier molecular flexibility index (Phi) is 9.92. The van der Waals surface area contributed by atoms with Crippen LogP contribution in [0, 0.1) is 5.92 Å². The molecular weight excluding hydrogens is 447 g/mol. The lowest BCUT2D eigenvalue weighted by Gasteiger charge is -2.29. The summed E-state index contributed by atoms with van der Waals surface area (Å²) in [7, 11) is -0.827. The van der Waals surface area contributed by atoms with Gasteiger partial charge in [-0.1, -0.05) is 44.2 Å². The zero-order valence-corrected chi connectivity index (χ0v) is 20.5. The molecule has 186 valence electrons. The van der Waals surface area contributed by atoms with Crippen molar-refractivity contribution in [3.8, 4) is 0 Å². The van der Waals surface area contributed by atoms with Gasteiger partial charge in [0.2, 0.25) is 0 Å². The summed E-state index contributed by atoms with van der Waals surface area (Å²) in [6, 6.07) is 8.69. The third kappa shape index (κ3) is 8.56. The Morgan fingerprint density at radius 3 is 2.69 bits per heavy atom. The molecule has 0 unspecified atom stereocenters. The molecule has 0 radical (unpaired) electrons. The van der Waals surface area contributed by atoms with Crippen molar-refractivity contribution in [2.24, 2.45) is 5.92 Å². The third-order valence-electron chi connectivity index (χ3n) is 5.75. The standard InChI is InChI=1S/C25H33BN4O5/c1-17(2)11-20(26-34-16-18(3)29-15-24(32)35-26)13-23(31)21(12-19-7-5-4-6-8-19)30-25(33)22-14-27-9-10-28-22/h4-10,14,17-18,20-21,29H,11-13,15-16H2,1-3H3,(H,30,33)/t18-,20+,21-/m0/s1. The Labute approximate surface area is 206 Å². The summed E-state index contributed by atoms with van der Waals surface area (Å²) in [5.74, 6) is -1.15. The summed E-state index contributed by atoms with van der Waals surface area (Å²) in [5, 5.41) is 5.86. The van der Waals surface area contributed by atoms with E-state index in [-0.39, 0.29) is 42.2 Å². The van der Waals surface area contributed by atoms with Crippen LogP contribution in [0.25, 0.3) is 0 Å². The SMILES string of the molecule is CC(C)C[C@H](CC(=O)[C@H](Cc1ccccc1)NC(=O)c1cnccn1)B1OC[C@H](C)NCC(=O)O1. The van der Waals surface area contributed by atoms with Crippen molar-refractivity contribution in [2.45, 2.75) is 57.9 Å². The van der Waals surface area contributed by atoms with Gasteiger partial charge in [0.1, 0.15) is 5.69 Å². The highest BCUT2D eigenvalue weighted by Gasteiger charge is 2.38. The van der Waals surface area contributed by atoms with Crippen LogP contribution in [0.3, 0.4) is 0 Å². The van der Waals surface area contributed by atoms with Crippen molar-refractivity contribution >= 4 is 24.8 Å². The summed E-state index contributed by atoms with van der Waals surface area (Å²) in [6.45, 7) is 6.47. The average Bonchev–Trinajstić information content (AvgIpc) is 2.84. The number of amides is 1. The Balaban J connectivity index is 1.79. The van der Waals surface area contributed by atoms with Crippen LogP contribution in [0.2, 0.25) is 5.82 Å². The fourth-order valence-corrected chi connectivity index (χ4v) is 4.03. The second-order valence-electron chi connectivity index (χ2n) is 9.34. The highest BCUT2D eigenvalue weighted by Crippen LogP contribution is 2.28. The highest BCUT2D eigenvalue weighted by atomic mass is 16.6. The quantitative estimate of drug-likeness (QED) is 0.497. The van der Waals surface area contributed by atoms with Crippen molar-refractivity contribution in [1.29, 1.82) is 0 Å². The van der Waals surface area contributed by atoms with Gasteiger partial charge in [-0.3, -0.25) is 19.4 Å². The van der Waals surface area contributed by atoms with Gasteiger partial charge in [-0.25, -0.2) is 4.98 Å². The van der Waals surface area contributed by atoms with Gasteiger partial charge in [-0.2, -0.15) is 0 Å². The number of benzene rings is 1. The van der Waals surface area contributed by atoms with Crippen molar-refractivity contribution in [1.82, 2.24) is 20.6 Å². The second kappa shape index (κ2) is 13.1. The van der Waals surface area contributed by atoms with Crippen LogP contribution in [0.1, 0.15) is 49.7 Å². The topological polar surface area (TPSA) is 120 Å². The average molecular weight is 480 g/mol. The number of hydrogen-bond donors (Lipinski definition) is 2. The van der Waals surface area contributed by atoms with E-state index in [0.717, 1.165) is 5.56 Å². The number of carbonyl (C=O) groups excluding carboxylic acids is 3. The van der Waals surface area contributed by atoms with Gasteiger partial charge >= 0.3 is 13.1 Å². The van der Waals surface area contributed by atoms with Crippen LogP contribution in [0.5, 0.6) is 0 Å². The molecule has 9 nitrogen and oxygen atoms in total. The molecule has 10 heteroatoms. The number of carbonyl (C=O) groups is 3. The van der Waals surface area contributed by atoms with Crippen molar-refractivity contribution in [2.75, 3.05) is 13.2 Å². The van der Waals surface area contributed by atoms with Crippen molar-refractivity contribution < 1.29 is 23.7 Å². The number of hydrogen-bond acceptors (Lipinski definition) is 8. The number of aromatic nitrogens is 2. The monoisotopic (exact) mass is 480 g/mol. The maximum Gasteiger partial charge on any atom is 0.531 e. The first kappa shape index (κ1) is 26.5. The molecule has 1 aromatic heterocycles. The first-order valence-corrected chi connectivity index (χ1v) is 12.0. The van der Waals surface area contributed by atoms with Gasteiger partial charge in [0.05, 0.1) is 18.8 Å². The molecule has 2 aromatic rings. The Bertz CT molecular complexity index is 976. The van der Waals surface area contributed by atoms with Crippen LogP contribution in [-0.2, 0) is 25.3 Å². The van der Waals surface area contributed by atoms with Crippen LogP contribution in [-0.4, -0.2) is 60.0 Å². The van der Waals surface area contributed by atoms with Crippen LogP contribution >= 0.6 is 0 Å². The Morgan fingerprint density at radius 1 is 1.23 bits per heavy atom. The molecule has 2 heterocycles. The molecule has 35 heavy (non-hydrogen) atoms. The van der Waals surface area contributed by atoms with E-state index in [2.05, 4.69) is 20.6 Å². The molecule has 1 fully saturated rings. The normalized spacial score (nSPS) is 18.2. The lowest BCUT2D eigenvalue weighted by atomic mass is 9.64. The third-order valence-corrected chi connectivity index (χ3v) is 5.75. The summed E-state index contributed by atoms with van der Waals surface area (Å²) in [6.07, 6.45) is 5.31. The number of rotatable bonds is 10. The Morgan fingerprint density at radius 2 is 2.00 bits per heavy atom. The minimum absolute atomic E-state index is 0.0159. The van der Waals surface area contributed by atoms with Gasteiger partial charge < -0.3 is 19.9 Å². The van der Waals surface area contributed by atoms with Gasteiger partial charge in [0, 0.05) is 37.3 Å². The fourth-order valence-electron chi connectivity index (χ4n) is 4.03. The van der Waals surface area contributed by atoms with E-state index in [1.54, 1.807) is 0 Å². The minimum Gasteiger partial charge on any atom is -0.508 e. The molecule has 0 saturated carbocycles. The van der Waals surface area contributed by atoms with Gasteiger partial charge in [0.15, 0.2) is 5.78 Å². The number of Topliss-reactive ketones (excluding diaryl/α,β-unsaturated/α-hetero) is 1. The molecule has 1 amide bonds. The molecule has 1 saturated heterocycles. The molecule has 1 aromatic carbocycles. The van der Waals surface area contributed by atoms with E-state index in [4.69, 9.17) is 9.31 Å². The molecule has 3 atom stereocenters. The molecular formula is C25H33BN4O5. The zero-order chi connectivity index (χ0) is 25.2. The number of nitrogens with zero attached hydrogens (tertiary/aromatic N) is 2. The van der Waals surface area contributed by atoms with Crippen LogP contribution in [0.15, 0.2) is 48.9 Å². The fraction of sp³-hybridized carbons (Fsp3) is 0.480. The lowest BCUT2D eigenvalue weighted by molar-refractivity contribution is -0.136. The predicted molar refractivity (Wildman–Crippen MR) is 132 cm³/mol. The molecule has 0 bridgehead atoms. The highest BCUT2D eigenvalue weighted by molar-refractivity contribution is 6.49. The first-order chi connectivity index (χ1) is 16.8. The predicted octanol–water partition coefficient (Wildman–Crippen LogP) is 2.23. The zero-order valence-electron chi connectivity index (χ0n) is 20.5. The molecule has 3 rings (SSSR count). The van der Waals surface area contributed by atoms with E-state index in [0.29, 0.717) is 19.4 Å². The van der Waals surface area contributed by atoms with Gasteiger partial charge in [0.25, 0.3) is 5.91 Å². The van der Waals surface area contributed by atoms with Gasteiger partial charge in [-0.15, -0.1) is 0 Å². The Hall–Kier alpha value is -3.11. The molecule has 0 aliphatic carbocycles. The van der Waals surface area contributed by atoms with Crippen molar-refractivity contribution in [3.05, 3.63) is 60.2 Å². The minimum atomic E-state index is -0.827. The first-order valence-electron chi connectivity index (χ1n) is 12.0. The lowest BCUT2D eigenvalue weighted by Crippen LogP contribution is -2.47. The number of ketones is 1. The van der Waals surface area contributed by atoms with E-state index >= 15 is 0 Å². The van der Waals surface area contributed by atoms with E-state index in [1.807, 2.05) is 51.1 Å². The van der Waals surface area contributed by atoms with E-state index in [1.165, 1.54) is 18.6 Å². The number of nitrogens with one attached hydrogen (secondary N) is 2. The summed E-state index contributed by atoms with van der Waals surface area (Å²) in [4.78, 5) is 46.6. The van der Waals surface area contributed by atoms with E-state index in [9.17, 15) is 14.4 Å². The van der Waals surface area contributed by atoms with Crippen LogP contribution in [0.4, 0.5) is 0 Å². The van der Waals surface area contributed by atoms with E-state index < -0.39 is 25.0 Å². The maximum absolute atomic E-state index is 13.6. The molecule has 1 aliphatic heterocycles.